The van der Waals surface area contributed by atoms with Crippen LogP contribution < -0.4 is 10.1 Å². The van der Waals surface area contributed by atoms with Gasteiger partial charge in [0.2, 0.25) is 0 Å². The molecule has 4 rings (SSSR count). The van der Waals surface area contributed by atoms with Gasteiger partial charge in [0.05, 0.1) is 5.69 Å². The number of nitrogens with one attached hydrogen (secondary N) is 1. The van der Waals surface area contributed by atoms with E-state index in [0.717, 1.165) is 42.0 Å². The van der Waals surface area contributed by atoms with Gasteiger partial charge < -0.3 is 10.1 Å². The van der Waals surface area contributed by atoms with E-state index in [1.54, 1.807) is 6.07 Å². The molecule has 0 bridgehead atoms. The van der Waals surface area contributed by atoms with Crippen molar-refractivity contribution in [2.75, 3.05) is 6.54 Å². The third-order valence-corrected chi connectivity index (χ3v) is 4.39. The van der Waals surface area contributed by atoms with Gasteiger partial charge in [-0.15, -0.1) is 0 Å². The van der Waals surface area contributed by atoms with E-state index in [1.165, 1.54) is 11.6 Å². The largest absolute Gasteiger partial charge is 0.486 e. The Labute approximate surface area is 146 Å². The van der Waals surface area contributed by atoms with Gasteiger partial charge in [0.15, 0.2) is 11.6 Å². The highest BCUT2D eigenvalue weighted by molar-refractivity contribution is 5.61. The molecular formula is C21H19FN2O. The van der Waals surface area contributed by atoms with Crippen LogP contribution in [0.5, 0.6) is 5.75 Å². The second kappa shape index (κ2) is 7.03. The number of ether oxygens (including phenoxy) is 1. The normalized spacial score (nSPS) is 13.3. The maximum Gasteiger partial charge on any atom is 0.165 e. The number of pyridine rings is 1. The molecule has 0 unspecified atom stereocenters. The van der Waals surface area contributed by atoms with Gasteiger partial charge in [-0.1, -0.05) is 36.4 Å². The van der Waals surface area contributed by atoms with Crippen LogP contribution in [0.4, 0.5) is 4.39 Å². The van der Waals surface area contributed by atoms with E-state index < -0.39 is 0 Å². The number of hydrogen-bond donors (Lipinski definition) is 1. The summed E-state index contributed by atoms with van der Waals surface area (Å²) < 4.78 is 20.0. The molecule has 0 saturated carbocycles. The Balaban J connectivity index is 1.53. The van der Waals surface area contributed by atoms with Crippen LogP contribution in [-0.2, 0) is 19.6 Å². The number of halogens is 1. The molecule has 1 aliphatic rings. The van der Waals surface area contributed by atoms with Crippen LogP contribution in [0.3, 0.4) is 0 Å². The van der Waals surface area contributed by atoms with E-state index in [2.05, 4.69) is 11.4 Å². The molecule has 0 atom stereocenters. The van der Waals surface area contributed by atoms with Crippen molar-refractivity contribution in [3.63, 3.8) is 0 Å². The SMILES string of the molecule is Fc1cc(-c2ccc3c(n2)CCNC3)ccc1OCc1ccccc1. The molecule has 0 fully saturated rings. The van der Waals surface area contributed by atoms with E-state index in [1.807, 2.05) is 42.5 Å². The van der Waals surface area contributed by atoms with Crippen molar-refractivity contribution in [2.45, 2.75) is 19.6 Å². The molecule has 0 spiro atoms. The van der Waals surface area contributed by atoms with Crippen molar-refractivity contribution in [1.29, 1.82) is 0 Å². The molecular weight excluding hydrogens is 315 g/mol. The van der Waals surface area contributed by atoms with Gasteiger partial charge in [-0.3, -0.25) is 4.98 Å². The van der Waals surface area contributed by atoms with Gasteiger partial charge in [0.25, 0.3) is 0 Å². The first kappa shape index (κ1) is 15.8. The summed E-state index contributed by atoms with van der Waals surface area (Å²) in [5, 5.41) is 3.33. The van der Waals surface area contributed by atoms with Crippen LogP contribution in [0.2, 0.25) is 0 Å². The molecule has 25 heavy (non-hydrogen) atoms. The second-order valence-electron chi connectivity index (χ2n) is 6.15. The Morgan fingerprint density at radius 1 is 1.04 bits per heavy atom. The second-order valence-corrected chi connectivity index (χ2v) is 6.15. The summed E-state index contributed by atoms with van der Waals surface area (Å²) in [6.45, 7) is 2.13. The minimum Gasteiger partial charge on any atom is -0.486 e. The summed E-state index contributed by atoms with van der Waals surface area (Å²) in [5.74, 6) is -0.107. The Morgan fingerprint density at radius 3 is 2.76 bits per heavy atom. The molecule has 0 radical (unpaired) electrons. The first-order valence-corrected chi connectivity index (χ1v) is 8.46. The summed E-state index contributed by atoms with van der Waals surface area (Å²) in [6, 6.07) is 18.8. The topological polar surface area (TPSA) is 34.2 Å². The highest BCUT2D eigenvalue weighted by atomic mass is 19.1. The molecule has 0 amide bonds. The van der Waals surface area contributed by atoms with Gasteiger partial charge in [0.1, 0.15) is 6.61 Å². The lowest BCUT2D eigenvalue weighted by Gasteiger charge is -2.17. The lowest BCUT2D eigenvalue weighted by molar-refractivity contribution is 0.290. The zero-order valence-corrected chi connectivity index (χ0v) is 13.8. The molecule has 0 aliphatic carbocycles. The van der Waals surface area contributed by atoms with Gasteiger partial charge in [-0.25, -0.2) is 4.39 Å². The van der Waals surface area contributed by atoms with Gasteiger partial charge in [-0.2, -0.15) is 0 Å². The standard InChI is InChI=1S/C21H19FN2O/c22-18-12-16(19-8-6-17-13-23-11-10-20(17)24-19)7-9-21(18)25-14-15-4-2-1-3-5-15/h1-9,12,23H,10-11,13-14H2. The average Bonchev–Trinajstić information content (AvgIpc) is 2.67. The first-order chi connectivity index (χ1) is 12.3. The Kier molecular flexibility index (Phi) is 4.44. The monoisotopic (exact) mass is 334 g/mol. The van der Waals surface area contributed by atoms with Gasteiger partial charge >= 0.3 is 0 Å². The number of benzene rings is 2. The van der Waals surface area contributed by atoms with Crippen LogP contribution in [0.1, 0.15) is 16.8 Å². The van der Waals surface area contributed by atoms with Gasteiger partial charge in [0, 0.05) is 30.8 Å². The molecule has 3 aromatic rings. The van der Waals surface area contributed by atoms with Crippen molar-refractivity contribution in [2.24, 2.45) is 0 Å². The molecule has 1 aromatic heterocycles. The molecule has 2 aromatic carbocycles. The van der Waals surface area contributed by atoms with E-state index in [4.69, 9.17) is 9.72 Å². The van der Waals surface area contributed by atoms with Crippen molar-refractivity contribution in [3.8, 4) is 17.0 Å². The van der Waals surface area contributed by atoms with Gasteiger partial charge in [-0.05, 0) is 35.4 Å². The summed E-state index contributed by atoms with van der Waals surface area (Å²) >= 11 is 0. The highest BCUT2D eigenvalue weighted by Gasteiger charge is 2.13. The van der Waals surface area contributed by atoms with E-state index >= 15 is 0 Å². The molecule has 126 valence electrons. The number of aromatic nitrogens is 1. The predicted molar refractivity (Wildman–Crippen MR) is 95.8 cm³/mol. The van der Waals surface area contributed by atoms with Crippen LogP contribution in [0, 0.1) is 5.82 Å². The number of rotatable bonds is 4. The average molecular weight is 334 g/mol. The minimum atomic E-state index is -0.366. The summed E-state index contributed by atoms with van der Waals surface area (Å²) in [7, 11) is 0. The van der Waals surface area contributed by atoms with Crippen molar-refractivity contribution >= 4 is 0 Å². The molecule has 2 heterocycles. The Morgan fingerprint density at radius 2 is 1.92 bits per heavy atom. The fourth-order valence-corrected chi connectivity index (χ4v) is 3.01. The fraction of sp³-hybridized carbons (Fsp3) is 0.190. The maximum absolute atomic E-state index is 14.4. The Hall–Kier alpha value is -2.72. The highest BCUT2D eigenvalue weighted by Crippen LogP contribution is 2.26. The fourth-order valence-electron chi connectivity index (χ4n) is 3.01. The minimum absolute atomic E-state index is 0.259. The lowest BCUT2D eigenvalue weighted by Crippen LogP contribution is -2.24. The maximum atomic E-state index is 14.4. The number of hydrogen-bond acceptors (Lipinski definition) is 3. The van der Waals surface area contributed by atoms with Crippen molar-refractivity contribution < 1.29 is 9.13 Å². The number of nitrogens with zero attached hydrogens (tertiary/aromatic N) is 1. The van der Waals surface area contributed by atoms with E-state index in [9.17, 15) is 4.39 Å². The van der Waals surface area contributed by atoms with Crippen LogP contribution in [0.25, 0.3) is 11.3 Å². The molecule has 0 saturated heterocycles. The molecule has 3 nitrogen and oxygen atoms in total. The first-order valence-electron chi connectivity index (χ1n) is 8.46. The summed E-state index contributed by atoms with van der Waals surface area (Å²) in [6.07, 6.45) is 0.907. The predicted octanol–water partition coefficient (Wildman–Crippen LogP) is 4.11. The molecule has 1 aliphatic heterocycles. The Bertz CT molecular complexity index is 880. The van der Waals surface area contributed by atoms with Crippen molar-refractivity contribution in [1.82, 2.24) is 10.3 Å². The van der Waals surface area contributed by atoms with E-state index in [-0.39, 0.29) is 11.6 Å². The molecule has 4 heteroatoms. The smallest absolute Gasteiger partial charge is 0.165 e. The zero-order chi connectivity index (χ0) is 17.1. The van der Waals surface area contributed by atoms with Crippen LogP contribution >= 0.6 is 0 Å². The third kappa shape index (κ3) is 3.54. The quantitative estimate of drug-likeness (QED) is 0.779. The zero-order valence-electron chi connectivity index (χ0n) is 13.8. The van der Waals surface area contributed by atoms with Crippen LogP contribution in [0.15, 0.2) is 60.7 Å². The number of fused-ring (bicyclic) bond motifs is 1. The third-order valence-electron chi connectivity index (χ3n) is 4.39. The van der Waals surface area contributed by atoms with E-state index in [0.29, 0.717) is 6.61 Å². The summed E-state index contributed by atoms with van der Waals surface area (Å²) in [5.41, 5.74) is 4.90. The lowest BCUT2D eigenvalue weighted by atomic mass is 10.0. The van der Waals surface area contributed by atoms with Crippen molar-refractivity contribution in [3.05, 3.63) is 83.3 Å². The molecule has 1 N–H and O–H groups in total. The summed E-state index contributed by atoms with van der Waals surface area (Å²) in [4.78, 5) is 4.70. The van der Waals surface area contributed by atoms with Crippen LogP contribution in [-0.4, -0.2) is 11.5 Å².